The largest absolute Gasteiger partial charge is 0.674 e. The third-order valence-electron chi connectivity index (χ3n) is 18.2. The highest BCUT2D eigenvalue weighted by Crippen LogP contribution is 2.40. The summed E-state index contributed by atoms with van der Waals surface area (Å²) >= 11 is 0. The van der Waals surface area contributed by atoms with E-state index in [-0.39, 0.29) is 0 Å². The first kappa shape index (κ1) is 82.1. The third kappa shape index (κ3) is 29.4. The number of unbranched alkanes of at least 4 members (excludes halogenated alkanes) is 12. The average Bonchev–Trinajstić information content (AvgIpc) is 0.855. The van der Waals surface area contributed by atoms with E-state index < -0.39 is 7.40 Å². The van der Waals surface area contributed by atoms with E-state index in [0.717, 1.165) is 78.5 Å². The van der Waals surface area contributed by atoms with Crippen LogP contribution in [0.4, 0.5) is 72.6 Å². The third-order valence-corrected chi connectivity index (χ3v) is 18.2. The van der Waals surface area contributed by atoms with Gasteiger partial charge < -0.3 is 49.2 Å². The van der Waals surface area contributed by atoms with E-state index >= 15 is 0 Å². The topological polar surface area (TPSA) is 66.4 Å². The SMILES string of the molecule is CCCCN(CCCC)c1ccc(N(c2ccc(N(CCCC)CCCC)cc2)c2ccc(N(CCCC)CCCC)cc2)cc1.CCCCN(CCCC)c1ccc(N(c2ccc(N(CCCC)CCCC)cc2)c2ccc(N(CCCC)CCCC)cc2)cc1.OB(O)F. The van der Waals surface area contributed by atoms with E-state index in [2.05, 4.69) is 268 Å². The molecule has 0 aliphatic heterocycles. The van der Waals surface area contributed by atoms with Gasteiger partial charge in [-0.05, 0) is 223 Å². The smallest absolute Gasteiger partial charge is 0.398 e. The fourth-order valence-corrected chi connectivity index (χ4v) is 12.2. The lowest BCUT2D eigenvalue weighted by Gasteiger charge is -2.30. The summed E-state index contributed by atoms with van der Waals surface area (Å²) in [7, 11) is -2.67. The van der Waals surface area contributed by atoms with E-state index in [9.17, 15) is 4.32 Å². The van der Waals surface area contributed by atoms with E-state index in [0.29, 0.717) is 0 Å². The van der Waals surface area contributed by atoms with Gasteiger partial charge in [0.1, 0.15) is 0 Å². The molecule has 6 aromatic rings. The zero-order valence-electron chi connectivity index (χ0n) is 62.7. The minimum atomic E-state index is -2.67. The Hall–Kier alpha value is -6.37. The number of hydrogen-bond acceptors (Lipinski definition) is 10. The first-order valence-electron chi connectivity index (χ1n) is 38.6. The van der Waals surface area contributed by atoms with Crippen molar-refractivity contribution in [1.29, 1.82) is 0 Å². The summed E-state index contributed by atoms with van der Waals surface area (Å²) in [6.45, 7) is 41.0. The van der Waals surface area contributed by atoms with Gasteiger partial charge in [0.2, 0.25) is 0 Å². The van der Waals surface area contributed by atoms with Gasteiger partial charge in [-0.15, -0.1) is 0 Å². The molecule has 6 rings (SSSR count). The van der Waals surface area contributed by atoms with Gasteiger partial charge in [-0.2, -0.15) is 0 Å². The monoisotopic (exact) mass is 1320 g/mol. The van der Waals surface area contributed by atoms with Gasteiger partial charge in [0.25, 0.3) is 0 Å². The molecule has 12 heteroatoms. The predicted molar refractivity (Wildman–Crippen MR) is 426 cm³/mol. The summed E-state index contributed by atoms with van der Waals surface area (Å²) in [5.41, 5.74) is 15.2. The van der Waals surface area contributed by atoms with Crippen molar-refractivity contribution in [2.24, 2.45) is 0 Å². The zero-order valence-corrected chi connectivity index (χ0v) is 62.7. The molecule has 10 nitrogen and oxygen atoms in total. The number of hydrogen-bond donors (Lipinski definition) is 2. The van der Waals surface area contributed by atoms with Gasteiger partial charge in [-0.3, -0.25) is 4.32 Å². The van der Waals surface area contributed by atoms with Crippen molar-refractivity contribution in [3.63, 3.8) is 0 Å². The van der Waals surface area contributed by atoms with Gasteiger partial charge in [0.15, 0.2) is 0 Å². The summed E-state index contributed by atoms with van der Waals surface area (Å²) in [5.74, 6) is 0. The maximum absolute atomic E-state index is 10.1. The second-order valence-electron chi connectivity index (χ2n) is 26.2. The molecule has 532 valence electrons. The summed E-state index contributed by atoms with van der Waals surface area (Å²) in [6.07, 6.45) is 29.5. The Labute approximate surface area is 587 Å². The van der Waals surface area contributed by atoms with Crippen LogP contribution in [0.15, 0.2) is 146 Å². The maximum Gasteiger partial charge on any atom is 0.674 e. The number of benzene rings is 6. The summed E-state index contributed by atoms with van der Waals surface area (Å²) in [4.78, 5) is 20.3. The molecule has 0 aliphatic carbocycles. The van der Waals surface area contributed by atoms with Crippen LogP contribution >= 0.6 is 0 Å². The Bertz CT molecular complexity index is 2260. The molecule has 2 N–H and O–H groups in total. The molecule has 6 aromatic carbocycles. The quantitative estimate of drug-likeness (QED) is 0.0361. The van der Waals surface area contributed by atoms with Crippen LogP contribution in [0.3, 0.4) is 0 Å². The van der Waals surface area contributed by atoms with Crippen LogP contribution in [-0.2, 0) is 0 Å². The minimum Gasteiger partial charge on any atom is -0.398 e. The molecule has 0 spiro atoms. The minimum absolute atomic E-state index is 1.13. The van der Waals surface area contributed by atoms with Crippen molar-refractivity contribution in [1.82, 2.24) is 0 Å². The fraction of sp³-hybridized carbons (Fsp3) is 0.571. The number of anilines is 12. The van der Waals surface area contributed by atoms with E-state index in [1.54, 1.807) is 0 Å². The summed E-state index contributed by atoms with van der Waals surface area (Å²) in [6, 6.07) is 56.0. The van der Waals surface area contributed by atoms with Crippen molar-refractivity contribution in [2.45, 2.75) is 237 Å². The Balaban J connectivity index is 0.000000387. The summed E-state index contributed by atoms with van der Waals surface area (Å²) < 4.78 is 10.1. The molecule has 0 saturated carbocycles. The van der Waals surface area contributed by atoms with Crippen LogP contribution in [0.2, 0.25) is 0 Å². The first-order valence-corrected chi connectivity index (χ1v) is 38.6. The lowest BCUT2D eigenvalue weighted by Crippen LogP contribution is -2.26. The Morgan fingerprint density at radius 2 is 0.281 bits per heavy atom. The molecule has 0 unspecified atom stereocenters. The second kappa shape index (κ2) is 50.0. The normalized spacial score (nSPS) is 10.9. The van der Waals surface area contributed by atoms with E-state index in [1.165, 1.54) is 222 Å². The number of rotatable bonds is 48. The van der Waals surface area contributed by atoms with Crippen LogP contribution in [0.5, 0.6) is 0 Å². The predicted octanol–water partition coefficient (Wildman–Crippen LogP) is 23.7. The highest BCUT2D eigenvalue weighted by Gasteiger charge is 2.19. The zero-order chi connectivity index (χ0) is 69.6. The molecule has 0 aliphatic rings. The molecule has 0 fully saturated rings. The molecule has 0 atom stereocenters. The second-order valence-corrected chi connectivity index (χ2v) is 26.2. The van der Waals surface area contributed by atoms with Crippen molar-refractivity contribution >= 4 is 75.6 Å². The number of halogens is 1. The molecule has 0 radical (unpaired) electrons. The van der Waals surface area contributed by atoms with Crippen LogP contribution in [0, 0.1) is 0 Å². The van der Waals surface area contributed by atoms with E-state index in [4.69, 9.17) is 10.0 Å². The van der Waals surface area contributed by atoms with Crippen LogP contribution in [-0.4, -0.2) is 96.0 Å². The summed E-state index contributed by atoms with van der Waals surface area (Å²) in [5, 5.41) is 13.9. The van der Waals surface area contributed by atoms with Gasteiger partial charge in [0.05, 0.1) is 0 Å². The average molecular weight is 1320 g/mol. The van der Waals surface area contributed by atoms with Crippen molar-refractivity contribution in [3.8, 4) is 0 Å². The van der Waals surface area contributed by atoms with Crippen LogP contribution in [0.25, 0.3) is 0 Å². The highest BCUT2D eigenvalue weighted by atomic mass is 19.1. The molecule has 96 heavy (non-hydrogen) atoms. The molecule has 0 aromatic heterocycles. The van der Waals surface area contributed by atoms with Gasteiger partial charge in [-0.25, -0.2) is 0 Å². The van der Waals surface area contributed by atoms with E-state index in [1.807, 2.05) is 0 Å². The lowest BCUT2D eigenvalue weighted by atomic mass is 10.1. The van der Waals surface area contributed by atoms with Gasteiger partial charge in [-0.1, -0.05) is 160 Å². The van der Waals surface area contributed by atoms with Gasteiger partial charge >= 0.3 is 7.40 Å². The molecular formula is C84H134BFN8O2. The Morgan fingerprint density at radius 1 is 0.198 bits per heavy atom. The van der Waals surface area contributed by atoms with Crippen molar-refractivity contribution in [2.75, 3.05) is 118 Å². The Kier molecular flexibility index (Phi) is 42.8. The van der Waals surface area contributed by atoms with Gasteiger partial charge in [0, 0.05) is 147 Å². The maximum atomic E-state index is 10.1. The lowest BCUT2D eigenvalue weighted by molar-refractivity contribution is 0.340. The Morgan fingerprint density at radius 3 is 0.365 bits per heavy atom. The first-order chi connectivity index (χ1) is 46.9. The highest BCUT2D eigenvalue weighted by molar-refractivity contribution is 6.31. The fourth-order valence-electron chi connectivity index (χ4n) is 12.2. The molecular weight excluding hydrogens is 1180 g/mol. The van der Waals surface area contributed by atoms with Crippen molar-refractivity contribution in [3.05, 3.63) is 146 Å². The molecule has 0 heterocycles. The number of nitrogens with zero attached hydrogens (tertiary/aromatic N) is 8. The van der Waals surface area contributed by atoms with Crippen LogP contribution < -0.4 is 39.2 Å². The van der Waals surface area contributed by atoms with Crippen LogP contribution in [0.1, 0.15) is 237 Å². The molecule has 0 saturated heterocycles. The molecule has 0 bridgehead atoms. The molecule has 0 amide bonds. The standard InChI is InChI=1S/2C42H66N4.BFH2O2/c2*1-7-13-31-43(32-14-8-2)37-19-25-40(26-20-37)46(41-27-21-38(22-28-41)44(33-15-9-3)34-16-10-4)42-29-23-39(24-30-42)45(35-17-11-5)36-18-12-6;2-1(3)4/h2*19-30H,7-18,31-36H2,1-6H3;3-4H. The van der Waals surface area contributed by atoms with Crippen molar-refractivity contribution < 1.29 is 14.4 Å².